The van der Waals surface area contributed by atoms with Crippen LogP contribution >= 0.6 is 27.5 Å². The number of amides is 1. The van der Waals surface area contributed by atoms with Crippen molar-refractivity contribution in [2.75, 3.05) is 18.0 Å². The zero-order valence-electron chi connectivity index (χ0n) is 16.3. The van der Waals surface area contributed by atoms with Gasteiger partial charge in [-0.15, -0.1) is 0 Å². The fourth-order valence-electron chi connectivity index (χ4n) is 3.48. The molecule has 0 radical (unpaired) electrons. The van der Waals surface area contributed by atoms with E-state index in [2.05, 4.69) is 20.9 Å². The average Bonchev–Trinajstić information content (AvgIpc) is 3.21. The fourth-order valence-corrected chi connectivity index (χ4v) is 5.19. The van der Waals surface area contributed by atoms with Gasteiger partial charge in [0.1, 0.15) is 0 Å². The highest BCUT2D eigenvalue weighted by Crippen LogP contribution is 2.36. The molecule has 1 amide bonds. The lowest BCUT2D eigenvalue weighted by molar-refractivity contribution is -0.122. The molecule has 4 rings (SSSR count). The molecular formula is C21H19BrClN3O4S. The Morgan fingerprint density at radius 1 is 1.10 bits per heavy atom. The Labute approximate surface area is 193 Å². The number of nitrogens with zero attached hydrogens (tertiary/aromatic N) is 2. The van der Waals surface area contributed by atoms with Gasteiger partial charge in [0.15, 0.2) is 0 Å². The van der Waals surface area contributed by atoms with Gasteiger partial charge in [-0.1, -0.05) is 27.5 Å². The van der Waals surface area contributed by atoms with E-state index in [0.717, 1.165) is 4.47 Å². The third-order valence-corrected chi connectivity index (χ3v) is 7.68. The second-order valence-corrected chi connectivity index (χ2v) is 10.5. The molecule has 1 saturated heterocycles. The van der Waals surface area contributed by atoms with Crippen LogP contribution in [0, 0.1) is 5.92 Å². The summed E-state index contributed by atoms with van der Waals surface area (Å²) in [5.41, 5.74) is 6.07. The molecule has 0 unspecified atom stereocenters. The Balaban J connectivity index is 1.78. The van der Waals surface area contributed by atoms with Crippen LogP contribution in [0.4, 0.5) is 5.88 Å². The van der Waals surface area contributed by atoms with E-state index >= 15 is 0 Å². The van der Waals surface area contributed by atoms with Crippen LogP contribution in [0.3, 0.4) is 0 Å². The van der Waals surface area contributed by atoms with Crippen molar-refractivity contribution in [1.29, 1.82) is 0 Å². The maximum absolute atomic E-state index is 13.4. The molecule has 0 atom stereocenters. The minimum atomic E-state index is -3.97. The summed E-state index contributed by atoms with van der Waals surface area (Å²) in [6.45, 7) is 0.872. The first-order valence-electron chi connectivity index (χ1n) is 9.57. The summed E-state index contributed by atoms with van der Waals surface area (Å²) < 4.78 is 33.7. The molecule has 2 N–H and O–H groups in total. The maximum atomic E-state index is 13.4. The molecule has 0 aliphatic carbocycles. The summed E-state index contributed by atoms with van der Waals surface area (Å²) in [7, 11) is -3.97. The van der Waals surface area contributed by atoms with Crippen LogP contribution in [0.2, 0.25) is 5.02 Å². The molecule has 0 spiro atoms. The van der Waals surface area contributed by atoms with Crippen molar-refractivity contribution in [3.05, 3.63) is 58.0 Å². The first-order chi connectivity index (χ1) is 14.8. The van der Waals surface area contributed by atoms with Crippen LogP contribution in [0.15, 0.2) is 67.3 Å². The number of rotatable bonds is 5. The molecule has 7 nitrogen and oxygen atoms in total. The van der Waals surface area contributed by atoms with Gasteiger partial charge in [0.25, 0.3) is 0 Å². The number of benzene rings is 2. The fraction of sp³-hybridized carbons (Fsp3) is 0.238. The molecule has 1 fully saturated rings. The Hall–Kier alpha value is -2.36. The number of piperidine rings is 1. The third kappa shape index (κ3) is 4.49. The number of aromatic nitrogens is 1. The molecular weight excluding hydrogens is 506 g/mol. The maximum Gasteiger partial charge on any atom is 0.236 e. The van der Waals surface area contributed by atoms with Crippen LogP contribution in [0.25, 0.3) is 11.5 Å². The molecule has 1 aromatic heterocycles. The number of hydrogen-bond donors (Lipinski definition) is 1. The monoisotopic (exact) mass is 523 g/mol. The second-order valence-electron chi connectivity index (χ2n) is 7.26. The van der Waals surface area contributed by atoms with E-state index in [0.29, 0.717) is 36.5 Å². The quantitative estimate of drug-likeness (QED) is 0.534. The smallest absolute Gasteiger partial charge is 0.236 e. The number of primary amides is 1. The van der Waals surface area contributed by atoms with Crippen LogP contribution < -0.4 is 10.6 Å². The van der Waals surface area contributed by atoms with Gasteiger partial charge >= 0.3 is 0 Å². The molecule has 1 aliphatic heterocycles. The van der Waals surface area contributed by atoms with Gasteiger partial charge in [0.2, 0.25) is 32.5 Å². The number of hydrogen-bond acceptors (Lipinski definition) is 6. The average molecular weight is 525 g/mol. The van der Waals surface area contributed by atoms with Gasteiger partial charge in [-0.3, -0.25) is 4.79 Å². The van der Waals surface area contributed by atoms with E-state index in [9.17, 15) is 13.2 Å². The van der Waals surface area contributed by atoms with Crippen molar-refractivity contribution in [1.82, 2.24) is 4.98 Å². The zero-order valence-corrected chi connectivity index (χ0v) is 19.5. The second kappa shape index (κ2) is 8.64. The molecule has 1 aliphatic rings. The Bertz CT molecular complexity index is 1200. The summed E-state index contributed by atoms with van der Waals surface area (Å²) in [5, 5.41) is 0.272. The van der Waals surface area contributed by atoms with Crippen molar-refractivity contribution < 1.29 is 17.6 Å². The van der Waals surface area contributed by atoms with Gasteiger partial charge in [-0.25, -0.2) is 8.42 Å². The summed E-state index contributed by atoms with van der Waals surface area (Å²) in [4.78, 5) is 17.8. The molecule has 31 heavy (non-hydrogen) atoms. The van der Waals surface area contributed by atoms with E-state index in [1.54, 1.807) is 17.0 Å². The lowest BCUT2D eigenvalue weighted by atomic mass is 9.96. The summed E-state index contributed by atoms with van der Waals surface area (Å²) >= 11 is 9.30. The molecule has 3 aromatic rings. The standard InChI is InChI=1S/C21H19BrClN3O4S/c22-15-3-1-14(2-4-15)19-25-20(31(28,29)17-7-5-16(23)6-8-17)21(30-19)26-11-9-13(10-12-26)18(24)27/h1-8,13H,9-12H2,(H2,24,27). The molecule has 2 heterocycles. The van der Waals surface area contributed by atoms with E-state index < -0.39 is 9.84 Å². The Morgan fingerprint density at radius 3 is 2.29 bits per heavy atom. The van der Waals surface area contributed by atoms with Crippen molar-refractivity contribution in [3.63, 3.8) is 0 Å². The highest BCUT2D eigenvalue weighted by molar-refractivity contribution is 9.10. The van der Waals surface area contributed by atoms with Crippen LogP contribution in [-0.2, 0) is 14.6 Å². The first-order valence-corrected chi connectivity index (χ1v) is 12.2. The molecule has 0 saturated carbocycles. The normalized spacial score (nSPS) is 15.2. The molecule has 0 bridgehead atoms. The summed E-state index contributed by atoms with van der Waals surface area (Å²) in [6, 6.07) is 13.1. The number of nitrogens with two attached hydrogens (primary N) is 1. The van der Waals surface area contributed by atoms with E-state index in [4.69, 9.17) is 21.8 Å². The lowest BCUT2D eigenvalue weighted by Gasteiger charge is -2.30. The van der Waals surface area contributed by atoms with Gasteiger partial charge in [-0.05, 0) is 61.4 Å². The molecule has 10 heteroatoms. The van der Waals surface area contributed by atoms with Crippen LogP contribution in [0.1, 0.15) is 12.8 Å². The van der Waals surface area contributed by atoms with Gasteiger partial charge in [0, 0.05) is 34.1 Å². The Kier molecular flexibility index (Phi) is 6.09. The van der Waals surface area contributed by atoms with E-state index in [1.165, 1.54) is 24.3 Å². The van der Waals surface area contributed by atoms with E-state index in [1.807, 2.05) is 12.1 Å². The number of oxazole rings is 1. The van der Waals surface area contributed by atoms with Crippen LogP contribution in [0.5, 0.6) is 0 Å². The number of halogens is 2. The highest BCUT2D eigenvalue weighted by Gasteiger charge is 2.34. The first kappa shape index (κ1) is 21.9. The SMILES string of the molecule is NC(=O)C1CCN(c2oc(-c3ccc(Br)cc3)nc2S(=O)(=O)c2ccc(Cl)cc2)CC1. The number of sulfone groups is 1. The lowest BCUT2D eigenvalue weighted by Crippen LogP contribution is -2.38. The number of carbonyl (C=O) groups is 1. The minimum absolute atomic E-state index is 0.0702. The predicted octanol–water partition coefficient (Wildman–Crippen LogP) is 4.29. The van der Waals surface area contributed by atoms with Crippen molar-refractivity contribution in [2.45, 2.75) is 22.8 Å². The van der Waals surface area contributed by atoms with Crippen molar-refractivity contribution in [3.8, 4) is 11.5 Å². The molecule has 2 aromatic carbocycles. The largest absolute Gasteiger partial charge is 0.419 e. The van der Waals surface area contributed by atoms with E-state index in [-0.39, 0.29) is 33.5 Å². The topological polar surface area (TPSA) is 106 Å². The highest BCUT2D eigenvalue weighted by atomic mass is 79.9. The third-order valence-electron chi connectivity index (χ3n) is 5.23. The van der Waals surface area contributed by atoms with Crippen molar-refractivity contribution in [2.24, 2.45) is 11.7 Å². The van der Waals surface area contributed by atoms with Gasteiger partial charge < -0.3 is 15.1 Å². The summed E-state index contributed by atoms with van der Waals surface area (Å²) in [6.07, 6.45) is 1.04. The zero-order chi connectivity index (χ0) is 22.2. The van der Waals surface area contributed by atoms with Gasteiger partial charge in [0.05, 0.1) is 4.90 Å². The Morgan fingerprint density at radius 2 is 1.71 bits per heavy atom. The summed E-state index contributed by atoms with van der Waals surface area (Å²) in [5.74, 6) is -0.217. The van der Waals surface area contributed by atoms with Gasteiger partial charge in [-0.2, -0.15) is 4.98 Å². The number of anilines is 1. The van der Waals surface area contributed by atoms with Crippen LogP contribution in [-0.4, -0.2) is 32.4 Å². The number of carbonyl (C=O) groups excluding carboxylic acids is 1. The van der Waals surface area contributed by atoms with Crippen molar-refractivity contribution >= 4 is 49.2 Å². The molecule has 162 valence electrons. The predicted molar refractivity (Wildman–Crippen MR) is 121 cm³/mol. The minimum Gasteiger partial charge on any atom is -0.419 e.